The van der Waals surface area contributed by atoms with Crippen molar-refractivity contribution in [2.75, 3.05) is 0 Å². The van der Waals surface area contributed by atoms with E-state index < -0.39 is 6.10 Å². The van der Waals surface area contributed by atoms with Crippen LogP contribution in [0.25, 0.3) is 11.0 Å². The number of aliphatic hydroxyl groups is 1. The molecule has 1 heterocycles. The molecule has 0 saturated heterocycles. The van der Waals surface area contributed by atoms with Gasteiger partial charge in [-0.15, -0.1) is 0 Å². The summed E-state index contributed by atoms with van der Waals surface area (Å²) in [5.74, 6) is 1.08. The summed E-state index contributed by atoms with van der Waals surface area (Å²) in [6.45, 7) is 0. The predicted molar refractivity (Wildman–Crippen MR) is 70.8 cm³/mol. The molecule has 1 aliphatic carbocycles. The van der Waals surface area contributed by atoms with Crippen LogP contribution in [0.5, 0.6) is 0 Å². The van der Waals surface area contributed by atoms with Crippen LogP contribution in [0.4, 0.5) is 0 Å². The molecule has 0 bridgehead atoms. The van der Waals surface area contributed by atoms with Gasteiger partial charge in [-0.2, -0.15) is 0 Å². The minimum atomic E-state index is -0.447. The van der Waals surface area contributed by atoms with E-state index in [9.17, 15) is 5.11 Å². The van der Waals surface area contributed by atoms with Crippen LogP contribution >= 0.6 is 15.9 Å². The zero-order valence-corrected chi connectivity index (χ0v) is 11.1. The summed E-state index contributed by atoms with van der Waals surface area (Å²) >= 11 is 3.47. The van der Waals surface area contributed by atoms with Crippen molar-refractivity contribution in [3.05, 3.63) is 34.5 Å². The molecule has 2 nitrogen and oxygen atoms in total. The number of hydrogen-bond donors (Lipinski definition) is 1. The minimum absolute atomic E-state index is 0.370. The summed E-state index contributed by atoms with van der Waals surface area (Å²) < 4.78 is 6.72. The second kappa shape index (κ2) is 4.46. The largest absolute Gasteiger partial charge is 0.457 e. The van der Waals surface area contributed by atoms with E-state index in [-0.39, 0.29) is 0 Å². The van der Waals surface area contributed by atoms with Gasteiger partial charge in [0.2, 0.25) is 0 Å². The summed E-state index contributed by atoms with van der Waals surface area (Å²) in [6, 6.07) is 7.91. The first-order valence-electron chi connectivity index (χ1n) is 6.12. The Morgan fingerprint density at radius 2 is 2.06 bits per heavy atom. The fourth-order valence-corrected chi connectivity index (χ4v) is 3.16. The lowest BCUT2D eigenvalue weighted by Crippen LogP contribution is -2.07. The molecule has 90 valence electrons. The van der Waals surface area contributed by atoms with Crippen molar-refractivity contribution < 1.29 is 9.52 Å². The molecule has 1 unspecified atom stereocenters. The molecule has 0 spiro atoms. The number of furan rings is 1. The van der Waals surface area contributed by atoms with Crippen LogP contribution < -0.4 is 0 Å². The summed E-state index contributed by atoms with van der Waals surface area (Å²) in [5.41, 5.74) is 0.833. The van der Waals surface area contributed by atoms with E-state index in [0.717, 1.165) is 28.3 Å². The Kier molecular flexibility index (Phi) is 2.97. The molecule has 3 rings (SSSR count). The summed E-state index contributed by atoms with van der Waals surface area (Å²) in [6.07, 6.45) is 4.23. The maximum atomic E-state index is 10.3. The molecular weight excluding hydrogens is 280 g/mol. The Labute approximate surface area is 109 Å². The zero-order valence-electron chi connectivity index (χ0n) is 9.53. The Bertz CT molecular complexity index is 526. The maximum absolute atomic E-state index is 10.3. The average Bonchev–Trinajstić information content (AvgIpc) is 2.98. The molecule has 1 aliphatic rings. The fraction of sp³-hybridized carbons (Fsp3) is 0.429. The second-order valence-electron chi connectivity index (χ2n) is 4.80. The summed E-state index contributed by atoms with van der Waals surface area (Å²) in [4.78, 5) is 0. The van der Waals surface area contributed by atoms with Crippen LogP contribution in [-0.2, 0) is 0 Å². The third kappa shape index (κ3) is 2.02. The van der Waals surface area contributed by atoms with Crippen LogP contribution in [0.2, 0.25) is 0 Å². The molecule has 3 heteroatoms. The van der Waals surface area contributed by atoms with Crippen molar-refractivity contribution in [1.29, 1.82) is 0 Å². The van der Waals surface area contributed by atoms with Crippen molar-refractivity contribution in [2.24, 2.45) is 5.92 Å². The quantitative estimate of drug-likeness (QED) is 0.889. The Morgan fingerprint density at radius 3 is 2.76 bits per heavy atom. The molecule has 2 aromatic rings. The predicted octanol–water partition coefficient (Wildman–Crippen LogP) is 4.42. The number of fused-ring (bicyclic) bond motifs is 1. The molecule has 1 atom stereocenters. The second-order valence-corrected chi connectivity index (χ2v) is 5.65. The highest BCUT2D eigenvalue weighted by Gasteiger charge is 2.27. The molecule has 1 N–H and O–H groups in total. The molecule has 0 aliphatic heterocycles. The van der Waals surface area contributed by atoms with Crippen LogP contribution in [0, 0.1) is 5.92 Å². The molecule has 0 amide bonds. The number of aliphatic hydroxyl groups excluding tert-OH is 1. The standard InChI is InChI=1S/C14H15BrO2/c15-11-7-3-6-10-8-12(17-14(10)11)13(16)9-4-1-2-5-9/h3,6-9,13,16H,1-2,4-5H2. The average molecular weight is 295 g/mol. The van der Waals surface area contributed by atoms with Gasteiger partial charge in [0, 0.05) is 5.39 Å². The maximum Gasteiger partial charge on any atom is 0.148 e. The molecule has 1 saturated carbocycles. The van der Waals surface area contributed by atoms with Crippen molar-refractivity contribution in [3.8, 4) is 0 Å². The van der Waals surface area contributed by atoms with E-state index in [2.05, 4.69) is 15.9 Å². The van der Waals surface area contributed by atoms with E-state index in [4.69, 9.17) is 4.42 Å². The summed E-state index contributed by atoms with van der Waals surface area (Å²) in [5, 5.41) is 11.4. The monoisotopic (exact) mass is 294 g/mol. The Morgan fingerprint density at radius 1 is 1.29 bits per heavy atom. The van der Waals surface area contributed by atoms with Crippen molar-refractivity contribution in [1.82, 2.24) is 0 Å². The van der Waals surface area contributed by atoms with Crippen LogP contribution in [-0.4, -0.2) is 5.11 Å². The van der Waals surface area contributed by atoms with Crippen molar-refractivity contribution in [2.45, 2.75) is 31.8 Å². The molecular formula is C14H15BrO2. The number of rotatable bonds is 2. The number of halogens is 1. The number of para-hydroxylation sites is 1. The highest BCUT2D eigenvalue weighted by atomic mass is 79.9. The highest BCUT2D eigenvalue weighted by Crippen LogP contribution is 2.38. The van der Waals surface area contributed by atoms with E-state index in [0.29, 0.717) is 11.7 Å². The van der Waals surface area contributed by atoms with Crippen molar-refractivity contribution in [3.63, 3.8) is 0 Å². The van der Waals surface area contributed by atoms with Crippen LogP contribution in [0.1, 0.15) is 37.5 Å². The lowest BCUT2D eigenvalue weighted by atomic mass is 9.99. The minimum Gasteiger partial charge on any atom is -0.457 e. The third-order valence-corrected chi connectivity index (χ3v) is 4.28. The van der Waals surface area contributed by atoms with Crippen molar-refractivity contribution >= 4 is 26.9 Å². The van der Waals surface area contributed by atoms with Gasteiger partial charge in [0.05, 0.1) is 4.47 Å². The first-order chi connectivity index (χ1) is 8.25. The van der Waals surface area contributed by atoms with Gasteiger partial charge in [-0.1, -0.05) is 25.0 Å². The van der Waals surface area contributed by atoms with E-state index in [1.54, 1.807) is 0 Å². The van der Waals surface area contributed by atoms with Gasteiger partial charge in [-0.25, -0.2) is 0 Å². The SMILES string of the molecule is OC(c1cc2cccc(Br)c2o1)C1CCCC1. The fourth-order valence-electron chi connectivity index (χ4n) is 2.70. The van der Waals surface area contributed by atoms with Gasteiger partial charge in [-0.3, -0.25) is 0 Å². The van der Waals surface area contributed by atoms with Crippen LogP contribution in [0.15, 0.2) is 33.2 Å². The first-order valence-corrected chi connectivity index (χ1v) is 6.91. The first kappa shape index (κ1) is 11.3. The van der Waals surface area contributed by atoms with Gasteiger partial charge in [0.1, 0.15) is 17.4 Å². The third-order valence-electron chi connectivity index (χ3n) is 3.65. The Balaban J connectivity index is 1.97. The molecule has 17 heavy (non-hydrogen) atoms. The van der Waals surface area contributed by atoms with E-state index >= 15 is 0 Å². The molecule has 0 radical (unpaired) electrons. The summed E-state index contributed by atoms with van der Waals surface area (Å²) in [7, 11) is 0. The normalized spacial score (nSPS) is 18.9. The van der Waals surface area contributed by atoms with E-state index in [1.807, 2.05) is 24.3 Å². The van der Waals surface area contributed by atoms with Crippen LogP contribution in [0.3, 0.4) is 0 Å². The highest BCUT2D eigenvalue weighted by molar-refractivity contribution is 9.10. The molecule has 1 aromatic heterocycles. The number of hydrogen-bond acceptors (Lipinski definition) is 2. The van der Waals surface area contributed by atoms with Gasteiger partial charge < -0.3 is 9.52 Å². The lowest BCUT2D eigenvalue weighted by Gasteiger charge is -2.14. The smallest absolute Gasteiger partial charge is 0.148 e. The topological polar surface area (TPSA) is 33.4 Å². The van der Waals surface area contributed by atoms with Gasteiger partial charge in [0.25, 0.3) is 0 Å². The van der Waals surface area contributed by atoms with Gasteiger partial charge >= 0.3 is 0 Å². The molecule has 1 aromatic carbocycles. The zero-order chi connectivity index (χ0) is 11.8. The lowest BCUT2D eigenvalue weighted by molar-refractivity contribution is 0.0905. The van der Waals surface area contributed by atoms with Gasteiger partial charge in [-0.05, 0) is 46.8 Å². The molecule has 1 fully saturated rings. The number of benzene rings is 1. The van der Waals surface area contributed by atoms with E-state index in [1.165, 1.54) is 12.8 Å². The van der Waals surface area contributed by atoms with Gasteiger partial charge in [0.15, 0.2) is 0 Å². The Hall–Kier alpha value is -0.800.